The maximum Gasteiger partial charge on any atom is 0.118 e. The number of ether oxygens (including phenoxy) is 1. The fourth-order valence-corrected chi connectivity index (χ4v) is 5.87. The number of methoxy groups -OCH3 is 1. The zero-order chi connectivity index (χ0) is 29.2. The minimum Gasteiger partial charge on any atom is -0.385 e. The predicted octanol–water partition coefficient (Wildman–Crippen LogP) is 2.64. The molecule has 2 heterocycles. The number of aliphatic hydroxyl groups is 2. The van der Waals surface area contributed by atoms with Gasteiger partial charge in [0.1, 0.15) is 18.6 Å². The highest BCUT2D eigenvalue weighted by Gasteiger charge is 2.40. The van der Waals surface area contributed by atoms with Crippen LogP contribution in [0, 0.1) is 23.2 Å². The van der Waals surface area contributed by atoms with Crippen LogP contribution in [0.3, 0.4) is 0 Å². The lowest BCUT2D eigenvalue weighted by Crippen LogP contribution is -2.63. The summed E-state index contributed by atoms with van der Waals surface area (Å²) in [4.78, 5) is 11.7. The quantitative estimate of drug-likeness (QED) is 0.171. The maximum absolute atomic E-state index is 12.0. The van der Waals surface area contributed by atoms with Crippen molar-refractivity contribution < 1.29 is 14.9 Å². The highest BCUT2D eigenvalue weighted by Crippen LogP contribution is 2.29. The number of aliphatic imine (C=N–C) groups is 1. The van der Waals surface area contributed by atoms with E-state index in [1.165, 1.54) is 0 Å². The van der Waals surface area contributed by atoms with Crippen molar-refractivity contribution in [2.24, 2.45) is 28.2 Å². The number of hydrogen-bond donors (Lipinski definition) is 4. The zero-order valence-electron chi connectivity index (χ0n) is 26.6. The summed E-state index contributed by atoms with van der Waals surface area (Å²) >= 11 is 0. The topological polar surface area (TPSA) is 95.8 Å². The molecule has 5 unspecified atom stereocenters. The van der Waals surface area contributed by atoms with E-state index >= 15 is 0 Å². The molecule has 2 aliphatic heterocycles. The van der Waals surface area contributed by atoms with Crippen LogP contribution in [-0.2, 0) is 4.74 Å². The average Bonchev–Trinajstić information content (AvgIpc) is 2.89. The number of nitrogens with one attached hydrogen (secondary N) is 2. The summed E-state index contributed by atoms with van der Waals surface area (Å²) in [6.45, 7) is 21.5. The summed E-state index contributed by atoms with van der Waals surface area (Å²) in [5.74, 6) is 0.369. The number of aliphatic hydroxyl groups excluding tert-OH is 2. The van der Waals surface area contributed by atoms with E-state index in [1.807, 2.05) is 6.21 Å². The molecule has 2 aliphatic rings. The largest absolute Gasteiger partial charge is 0.385 e. The van der Waals surface area contributed by atoms with E-state index in [2.05, 4.69) is 80.8 Å². The molecule has 0 amide bonds. The molecule has 1 saturated heterocycles. The van der Waals surface area contributed by atoms with Crippen molar-refractivity contribution in [3.63, 3.8) is 0 Å². The Labute approximate surface area is 239 Å². The molecule has 0 radical (unpaired) electrons. The Bertz CT molecular complexity index is 695. The Morgan fingerprint density at radius 1 is 1.13 bits per heavy atom. The van der Waals surface area contributed by atoms with Crippen molar-refractivity contribution in [2.45, 2.75) is 105 Å². The monoisotopic (exact) mass is 554 g/mol. The number of nitrogens with zero attached hydrogens (tertiary/aromatic N) is 4. The van der Waals surface area contributed by atoms with Crippen LogP contribution >= 0.6 is 0 Å². The first-order valence-electron chi connectivity index (χ1n) is 15.5. The summed E-state index contributed by atoms with van der Waals surface area (Å²) in [6.07, 6.45) is 4.34. The van der Waals surface area contributed by atoms with Crippen molar-refractivity contribution in [2.75, 3.05) is 60.0 Å². The van der Waals surface area contributed by atoms with E-state index in [4.69, 9.17) is 9.73 Å². The van der Waals surface area contributed by atoms with Crippen LogP contribution in [0.4, 0.5) is 0 Å². The van der Waals surface area contributed by atoms with Crippen LogP contribution in [0.15, 0.2) is 4.99 Å². The first kappa shape index (κ1) is 34.6. The summed E-state index contributed by atoms with van der Waals surface area (Å²) < 4.78 is 5.25. The van der Waals surface area contributed by atoms with Gasteiger partial charge in [0.2, 0.25) is 0 Å². The average molecular weight is 555 g/mol. The van der Waals surface area contributed by atoms with Gasteiger partial charge in [-0.15, -0.1) is 0 Å². The molecule has 1 fully saturated rings. The zero-order valence-corrected chi connectivity index (χ0v) is 26.6. The van der Waals surface area contributed by atoms with Crippen LogP contribution in [0.1, 0.15) is 74.1 Å². The van der Waals surface area contributed by atoms with Gasteiger partial charge in [-0.1, -0.05) is 48.5 Å². The summed E-state index contributed by atoms with van der Waals surface area (Å²) in [6, 6.07) is 0.164. The Kier molecular flexibility index (Phi) is 14.8. The van der Waals surface area contributed by atoms with Crippen molar-refractivity contribution in [3.05, 3.63) is 0 Å². The van der Waals surface area contributed by atoms with E-state index in [9.17, 15) is 10.2 Å². The molecule has 2 rings (SSSR count). The Morgan fingerprint density at radius 3 is 2.33 bits per heavy atom. The second-order valence-corrected chi connectivity index (χ2v) is 13.3. The second-order valence-electron chi connectivity index (χ2n) is 13.3. The molecule has 4 N–H and O–H groups in total. The number of piperazine rings is 1. The molecule has 0 bridgehead atoms. The van der Waals surface area contributed by atoms with Gasteiger partial charge in [-0.3, -0.25) is 20.1 Å². The molecule has 7 atom stereocenters. The van der Waals surface area contributed by atoms with Gasteiger partial charge in [0, 0.05) is 58.7 Å². The van der Waals surface area contributed by atoms with Gasteiger partial charge in [0.15, 0.2) is 0 Å². The summed E-state index contributed by atoms with van der Waals surface area (Å²) in [7, 11) is 3.87. The van der Waals surface area contributed by atoms with Crippen molar-refractivity contribution in [1.29, 1.82) is 0 Å². The van der Waals surface area contributed by atoms with E-state index in [0.717, 1.165) is 65.0 Å². The molecule has 0 aromatic carbocycles. The van der Waals surface area contributed by atoms with Crippen LogP contribution in [-0.4, -0.2) is 122 Å². The van der Waals surface area contributed by atoms with Crippen LogP contribution < -0.4 is 10.6 Å². The van der Waals surface area contributed by atoms with Gasteiger partial charge in [-0.25, -0.2) is 0 Å². The highest BCUT2D eigenvalue weighted by molar-refractivity contribution is 5.64. The second kappa shape index (κ2) is 16.7. The van der Waals surface area contributed by atoms with Crippen molar-refractivity contribution in [1.82, 2.24) is 25.3 Å². The smallest absolute Gasteiger partial charge is 0.118 e. The first-order chi connectivity index (χ1) is 18.4. The third-order valence-electron chi connectivity index (χ3n) is 8.47. The molecule has 0 spiro atoms. The minimum absolute atomic E-state index is 0.0235. The van der Waals surface area contributed by atoms with Gasteiger partial charge in [-0.2, -0.15) is 0 Å². The predicted molar refractivity (Wildman–Crippen MR) is 162 cm³/mol. The lowest BCUT2D eigenvalue weighted by atomic mass is 9.88. The molecule has 0 aromatic rings. The Hall–Kier alpha value is -0.650. The van der Waals surface area contributed by atoms with Crippen LogP contribution in [0.25, 0.3) is 0 Å². The van der Waals surface area contributed by atoms with Gasteiger partial charge >= 0.3 is 0 Å². The van der Waals surface area contributed by atoms with Gasteiger partial charge in [0.05, 0.1) is 12.1 Å². The lowest BCUT2D eigenvalue weighted by molar-refractivity contribution is -0.0932. The van der Waals surface area contributed by atoms with E-state index in [-0.39, 0.29) is 35.6 Å². The number of likely N-dealkylation sites (N-methyl/N-ethyl adjacent to an activating group) is 1. The fraction of sp³-hybridized carbons (Fsp3) is 0.967. The normalized spacial score (nSPS) is 26.7. The van der Waals surface area contributed by atoms with Crippen LogP contribution in [0.2, 0.25) is 0 Å². The Balaban J connectivity index is 2.24. The molecule has 0 saturated carbocycles. The molecule has 0 aromatic heterocycles. The van der Waals surface area contributed by atoms with Crippen LogP contribution in [0.5, 0.6) is 0 Å². The molecule has 230 valence electrons. The Morgan fingerprint density at radius 2 is 1.79 bits per heavy atom. The first-order valence-corrected chi connectivity index (χ1v) is 15.5. The highest BCUT2D eigenvalue weighted by atomic mass is 16.5. The summed E-state index contributed by atoms with van der Waals surface area (Å²) in [5, 5.41) is 30.7. The minimum atomic E-state index is -0.687. The standard InChI is InChI=1S/C30H62N6O3/c1-10-23(27(37)35-16-14-34(8)15-17-35)19-24(11-2)36(21-22(3)4)28(38)25-20-32-29(30(5,6)7)33-26(25)31-13-12-18-39-9/h20,22-29,31,33,37-38H,10-19,21H2,1-9H3/t23-,24+,25?,26?,27?,28?,29?/m0/s1. The number of rotatable bonds is 16. The van der Waals surface area contributed by atoms with E-state index in [0.29, 0.717) is 12.5 Å². The van der Waals surface area contributed by atoms with Gasteiger partial charge < -0.3 is 25.2 Å². The molecule has 0 aliphatic carbocycles. The SMILES string of the molecule is CC[C@@H](C[C@@H](CC)N(CC(C)C)C(O)C1C=NC(C(C)(C)C)NC1NCCCOC)C(O)N1CCN(C)CC1. The van der Waals surface area contributed by atoms with Gasteiger partial charge in [0.25, 0.3) is 0 Å². The molecular weight excluding hydrogens is 492 g/mol. The maximum atomic E-state index is 12.0. The molecular formula is C30H62N6O3. The number of hydrogen-bond acceptors (Lipinski definition) is 9. The van der Waals surface area contributed by atoms with E-state index < -0.39 is 12.5 Å². The van der Waals surface area contributed by atoms with Gasteiger partial charge in [-0.05, 0) is 56.5 Å². The molecule has 9 heteroatoms. The fourth-order valence-electron chi connectivity index (χ4n) is 5.87. The molecule has 39 heavy (non-hydrogen) atoms. The lowest BCUT2D eigenvalue weighted by Gasteiger charge is -2.46. The third kappa shape index (κ3) is 10.6. The van der Waals surface area contributed by atoms with E-state index in [1.54, 1.807) is 7.11 Å². The van der Waals surface area contributed by atoms with Crippen molar-refractivity contribution in [3.8, 4) is 0 Å². The third-order valence-corrected chi connectivity index (χ3v) is 8.47. The summed E-state index contributed by atoms with van der Waals surface area (Å²) in [5.41, 5.74) is -0.0315. The van der Waals surface area contributed by atoms with Crippen molar-refractivity contribution >= 4 is 6.21 Å². The molecule has 9 nitrogen and oxygen atoms in total.